The first-order valence-electron chi connectivity index (χ1n) is 5.87. The van der Waals surface area contributed by atoms with Crippen molar-refractivity contribution < 1.29 is 9.63 Å². The van der Waals surface area contributed by atoms with Crippen molar-refractivity contribution in [3.8, 4) is 0 Å². The maximum atomic E-state index is 10.9. The van der Waals surface area contributed by atoms with Gasteiger partial charge < -0.3 is 5.73 Å². The Balaban J connectivity index is 2.60. The topological polar surface area (TPSA) is 55.6 Å². The average Bonchev–Trinajstić information content (AvgIpc) is 2.18. The van der Waals surface area contributed by atoms with Gasteiger partial charge in [0.1, 0.15) is 11.6 Å². The van der Waals surface area contributed by atoms with Crippen molar-refractivity contribution in [2.75, 3.05) is 13.1 Å². The van der Waals surface area contributed by atoms with Crippen LogP contribution in [0.5, 0.6) is 0 Å². The van der Waals surface area contributed by atoms with E-state index in [-0.39, 0.29) is 5.60 Å². The van der Waals surface area contributed by atoms with Crippen LogP contribution in [-0.4, -0.2) is 29.7 Å². The summed E-state index contributed by atoms with van der Waals surface area (Å²) >= 11 is 0. The Bertz CT molecular complexity index is 277. The van der Waals surface area contributed by atoms with E-state index < -0.39 is 0 Å². The van der Waals surface area contributed by atoms with E-state index in [1.807, 2.05) is 26.7 Å². The summed E-state index contributed by atoms with van der Waals surface area (Å²) in [5.74, 6) is 2.49. The lowest BCUT2D eigenvalue weighted by atomic mass is 9.93. The zero-order chi connectivity index (χ0) is 12.2. The highest BCUT2D eigenvalue weighted by molar-refractivity contribution is 5.51. The number of nitrogens with zero attached hydrogens (tertiary/aromatic N) is 1. The summed E-state index contributed by atoms with van der Waals surface area (Å²) in [6, 6.07) is 0. The van der Waals surface area contributed by atoms with Crippen molar-refractivity contribution in [2.24, 2.45) is 11.7 Å². The summed E-state index contributed by atoms with van der Waals surface area (Å²) in [4.78, 5) is 16.6. The number of nitrogens with two attached hydrogens (primary N) is 1. The van der Waals surface area contributed by atoms with E-state index in [9.17, 15) is 4.79 Å². The van der Waals surface area contributed by atoms with Crippen LogP contribution in [0.1, 0.15) is 40.0 Å². The summed E-state index contributed by atoms with van der Waals surface area (Å²) in [5, 5.41) is 1.69. The Morgan fingerprint density at radius 2 is 2.25 bits per heavy atom. The largest absolute Gasteiger partial charge is 0.330 e. The molecule has 16 heavy (non-hydrogen) atoms. The smallest absolute Gasteiger partial charge is 0.148 e. The van der Waals surface area contributed by atoms with Gasteiger partial charge in [-0.2, -0.15) is 0 Å². The van der Waals surface area contributed by atoms with E-state index >= 15 is 0 Å². The molecule has 0 spiro atoms. The van der Waals surface area contributed by atoms with Gasteiger partial charge >= 0.3 is 0 Å². The minimum Gasteiger partial charge on any atom is -0.330 e. The first-order valence-corrected chi connectivity index (χ1v) is 5.87. The van der Waals surface area contributed by atoms with Crippen LogP contribution in [0.15, 0.2) is 5.70 Å². The Morgan fingerprint density at radius 1 is 1.56 bits per heavy atom. The van der Waals surface area contributed by atoms with Crippen LogP contribution in [0.25, 0.3) is 0 Å². The number of rotatable bonds is 3. The molecule has 0 amide bonds. The van der Waals surface area contributed by atoms with E-state index in [1.165, 1.54) is 0 Å². The lowest BCUT2D eigenvalue weighted by molar-refractivity contribution is -0.215. The highest BCUT2D eigenvalue weighted by atomic mass is 16.7. The maximum absolute atomic E-state index is 10.9. The highest BCUT2D eigenvalue weighted by Crippen LogP contribution is 2.28. The molecule has 1 aliphatic heterocycles. The van der Waals surface area contributed by atoms with Crippen LogP contribution in [0.4, 0.5) is 0 Å². The van der Waals surface area contributed by atoms with Gasteiger partial charge in [-0.3, -0.25) is 4.84 Å². The van der Waals surface area contributed by atoms with Gasteiger partial charge in [0.25, 0.3) is 0 Å². The molecule has 0 aliphatic carbocycles. The van der Waals surface area contributed by atoms with Crippen molar-refractivity contribution in [1.29, 1.82) is 0 Å². The Morgan fingerprint density at radius 3 is 2.75 bits per heavy atom. The van der Waals surface area contributed by atoms with E-state index in [1.54, 1.807) is 5.06 Å². The van der Waals surface area contributed by atoms with Gasteiger partial charge in [-0.1, -0.05) is 0 Å². The first kappa shape index (κ1) is 13.2. The minimum absolute atomic E-state index is 0.275. The number of hydroxylamine groups is 2. The van der Waals surface area contributed by atoms with Crippen LogP contribution in [0.2, 0.25) is 0 Å². The molecule has 0 saturated carbocycles. The molecular weight excluding hydrogens is 204 g/mol. The quantitative estimate of drug-likeness (QED) is 0.741. The number of hydrogen-bond donors (Lipinski definition) is 1. The SMILES string of the molecule is CC(C)(C)ON1CCC(CCN)CC1=C=O. The van der Waals surface area contributed by atoms with Crippen molar-refractivity contribution in [1.82, 2.24) is 5.06 Å². The summed E-state index contributed by atoms with van der Waals surface area (Å²) < 4.78 is 0. The molecule has 1 fully saturated rings. The molecule has 4 nitrogen and oxygen atoms in total. The zero-order valence-electron chi connectivity index (χ0n) is 10.5. The standard InChI is InChI=1S/C12H22N2O2/c1-12(2,3)16-14-7-5-10(4-6-13)8-11(14)9-15/h10H,4-8,13H2,1-3H3. The summed E-state index contributed by atoms with van der Waals surface area (Å²) in [5.41, 5.74) is 5.88. The van der Waals surface area contributed by atoms with E-state index in [0.29, 0.717) is 18.2 Å². The third kappa shape index (κ3) is 3.97. The van der Waals surface area contributed by atoms with Crippen molar-refractivity contribution in [3.05, 3.63) is 5.70 Å². The first-order chi connectivity index (χ1) is 7.46. The molecule has 0 aromatic rings. The van der Waals surface area contributed by atoms with Gasteiger partial charge in [0.05, 0.1) is 5.60 Å². The van der Waals surface area contributed by atoms with Crippen LogP contribution >= 0.6 is 0 Å². The maximum Gasteiger partial charge on any atom is 0.148 e. The molecule has 1 aliphatic rings. The predicted molar refractivity (Wildman–Crippen MR) is 63.1 cm³/mol. The van der Waals surface area contributed by atoms with E-state index in [2.05, 4.69) is 0 Å². The van der Waals surface area contributed by atoms with E-state index in [0.717, 1.165) is 25.8 Å². The molecule has 92 valence electrons. The molecule has 4 heteroatoms. The highest BCUT2D eigenvalue weighted by Gasteiger charge is 2.27. The van der Waals surface area contributed by atoms with Crippen molar-refractivity contribution >= 4 is 5.94 Å². The predicted octanol–water partition coefficient (Wildman–Crippen LogP) is 1.49. The van der Waals surface area contributed by atoms with Crippen molar-refractivity contribution in [2.45, 2.75) is 45.6 Å². The van der Waals surface area contributed by atoms with Crippen LogP contribution in [-0.2, 0) is 9.63 Å². The number of piperidine rings is 1. The number of carbonyl (C=O) groups excluding carboxylic acids is 1. The fourth-order valence-corrected chi connectivity index (χ4v) is 1.92. The Labute approximate surface area is 97.4 Å². The van der Waals surface area contributed by atoms with Crippen LogP contribution in [0.3, 0.4) is 0 Å². The zero-order valence-corrected chi connectivity index (χ0v) is 10.5. The Kier molecular flexibility index (Phi) is 4.54. The average molecular weight is 226 g/mol. The minimum atomic E-state index is -0.275. The second kappa shape index (κ2) is 5.48. The van der Waals surface area contributed by atoms with Gasteiger partial charge in [0.2, 0.25) is 0 Å². The second-order valence-corrected chi connectivity index (χ2v) is 5.29. The summed E-state index contributed by atoms with van der Waals surface area (Å²) in [7, 11) is 0. The molecule has 2 N–H and O–H groups in total. The molecule has 1 atom stereocenters. The normalized spacial score (nSPS) is 22.1. The molecule has 0 radical (unpaired) electrons. The number of allylic oxidation sites excluding steroid dienone is 1. The lowest BCUT2D eigenvalue weighted by Crippen LogP contribution is -2.38. The molecular formula is C12H22N2O2. The molecule has 0 aromatic heterocycles. The third-order valence-electron chi connectivity index (χ3n) is 2.60. The summed E-state index contributed by atoms with van der Waals surface area (Å²) in [6.07, 6.45) is 2.73. The number of hydrogen-bond acceptors (Lipinski definition) is 4. The monoisotopic (exact) mass is 226 g/mol. The molecule has 0 aromatic carbocycles. The van der Waals surface area contributed by atoms with Gasteiger partial charge in [-0.25, -0.2) is 9.86 Å². The fourth-order valence-electron chi connectivity index (χ4n) is 1.92. The molecule has 1 unspecified atom stereocenters. The molecule has 1 rings (SSSR count). The van der Waals surface area contributed by atoms with Gasteiger partial charge in [-0.15, -0.1) is 0 Å². The van der Waals surface area contributed by atoms with E-state index in [4.69, 9.17) is 10.6 Å². The van der Waals surface area contributed by atoms with Crippen LogP contribution in [0, 0.1) is 5.92 Å². The lowest BCUT2D eigenvalue weighted by Gasteiger charge is -2.36. The fraction of sp³-hybridized carbons (Fsp3) is 0.833. The van der Waals surface area contributed by atoms with Gasteiger partial charge in [-0.05, 0) is 46.1 Å². The van der Waals surface area contributed by atoms with Gasteiger partial charge in [0.15, 0.2) is 0 Å². The molecule has 0 bridgehead atoms. The molecule has 1 heterocycles. The van der Waals surface area contributed by atoms with Gasteiger partial charge in [0, 0.05) is 13.0 Å². The third-order valence-corrected chi connectivity index (χ3v) is 2.60. The second-order valence-electron chi connectivity index (χ2n) is 5.29. The summed E-state index contributed by atoms with van der Waals surface area (Å²) in [6.45, 7) is 7.35. The Hall–Kier alpha value is -0.830. The van der Waals surface area contributed by atoms with Crippen LogP contribution < -0.4 is 5.73 Å². The van der Waals surface area contributed by atoms with Crippen molar-refractivity contribution in [3.63, 3.8) is 0 Å². The molecule has 1 saturated heterocycles.